The van der Waals surface area contributed by atoms with Crippen LogP contribution in [0, 0.1) is 6.92 Å². The van der Waals surface area contributed by atoms with Gasteiger partial charge in [0.1, 0.15) is 0 Å². The minimum Gasteiger partial charge on any atom is -0.312 e. The standard InChI is InChI=1S/C16H26N2/c1-13-7-9-15(10-8-13)16(17-3)14(2)18-11-5-4-6-12-18/h7-10,14,16-17H,4-6,11-12H2,1-3H3. The molecule has 1 aliphatic heterocycles. The lowest BCUT2D eigenvalue weighted by atomic mass is 9.96. The molecule has 0 spiro atoms. The highest BCUT2D eigenvalue weighted by molar-refractivity contribution is 5.25. The number of piperidine rings is 1. The van der Waals surface area contributed by atoms with Gasteiger partial charge >= 0.3 is 0 Å². The number of hydrogen-bond donors (Lipinski definition) is 1. The van der Waals surface area contributed by atoms with E-state index in [1.807, 2.05) is 0 Å². The Morgan fingerprint density at radius 2 is 1.67 bits per heavy atom. The first kappa shape index (κ1) is 13.6. The quantitative estimate of drug-likeness (QED) is 0.878. The molecule has 0 radical (unpaired) electrons. The first-order chi connectivity index (χ1) is 8.72. The molecule has 1 aliphatic rings. The summed E-state index contributed by atoms with van der Waals surface area (Å²) in [5.74, 6) is 0. The molecule has 1 aromatic carbocycles. The van der Waals surface area contributed by atoms with E-state index < -0.39 is 0 Å². The Morgan fingerprint density at radius 3 is 2.22 bits per heavy atom. The number of benzene rings is 1. The van der Waals surface area contributed by atoms with E-state index >= 15 is 0 Å². The molecule has 1 fully saturated rings. The summed E-state index contributed by atoms with van der Waals surface area (Å²) in [5.41, 5.74) is 2.74. The Hall–Kier alpha value is -0.860. The van der Waals surface area contributed by atoms with Gasteiger partial charge in [-0.15, -0.1) is 0 Å². The number of hydrogen-bond acceptors (Lipinski definition) is 2. The van der Waals surface area contributed by atoms with Crippen molar-refractivity contribution in [2.45, 2.75) is 45.2 Å². The van der Waals surface area contributed by atoms with Gasteiger partial charge in [0.2, 0.25) is 0 Å². The lowest BCUT2D eigenvalue weighted by Crippen LogP contribution is -2.44. The summed E-state index contributed by atoms with van der Waals surface area (Å²) >= 11 is 0. The van der Waals surface area contributed by atoms with Gasteiger partial charge in [-0.3, -0.25) is 4.90 Å². The Labute approximate surface area is 111 Å². The number of likely N-dealkylation sites (tertiary alicyclic amines) is 1. The summed E-state index contributed by atoms with van der Waals surface area (Å²) in [6.45, 7) is 7.01. The highest BCUT2D eigenvalue weighted by Crippen LogP contribution is 2.23. The lowest BCUT2D eigenvalue weighted by molar-refractivity contribution is 0.144. The predicted octanol–water partition coefficient (Wildman–Crippen LogP) is 3.13. The van der Waals surface area contributed by atoms with Crippen LogP contribution in [0.1, 0.15) is 43.4 Å². The Balaban J connectivity index is 2.09. The van der Waals surface area contributed by atoms with E-state index in [9.17, 15) is 0 Å². The molecular weight excluding hydrogens is 220 g/mol. The van der Waals surface area contributed by atoms with E-state index in [4.69, 9.17) is 0 Å². The molecule has 0 bridgehead atoms. The summed E-state index contributed by atoms with van der Waals surface area (Å²) < 4.78 is 0. The van der Waals surface area contributed by atoms with E-state index in [0.29, 0.717) is 12.1 Å². The fraction of sp³-hybridized carbons (Fsp3) is 0.625. The molecule has 2 atom stereocenters. The van der Waals surface area contributed by atoms with Crippen molar-refractivity contribution in [3.05, 3.63) is 35.4 Å². The van der Waals surface area contributed by atoms with Crippen molar-refractivity contribution in [1.82, 2.24) is 10.2 Å². The molecule has 2 rings (SSSR count). The van der Waals surface area contributed by atoms with E-state index in [2.05, 4.69) is 55.4 Å². The van der Waals surface area contributed by atoms with Crippen molar-refractivity contribution >= 4 is 0 Å². The monoisotopic (exact) mass is 246 g/mol. The summed E-state index contributed by atoms with van der Waals surface area (Å²) in [7, 11) is 2.07. The molecule has 1 N–H and O–H groups in total. The van der Waals surface area contributed by atoms with Crippen LogP contribution in [0.25, 0.3) is 0 Å². The molecule has 100 valence electrons. The van der Waals surface area contributed by atoms with E-state index in [1.165, 1.54) is 43.5 Å². The maximum atomic E-state index is 3.49. The van der Waals surface area contributed by atoms with Crippen LogP contribution in [0.4, 0.5) is 0 Å². The van der Waals surface area contributed by atoms with E-state index in [-0.39, 0.29) is 0 Å². The number of nitrogens with one attached hydrogen (secondary N) is 1. The fourth-order valence-corrected chi connectivity index (χ4v) is 3.00. The smallest absolute Gasteiger partial charge is 0.0473 e. The summed E-state index contributed by atoms with van der Waals surface area (Å²) in [6.07, 6.45) is 4.11. The second-order valence-electron chi connectivity index (χ2n) is 5.51. The molecule has 0 aliphatic carbocycles. The molecule has 0 amide bonds. The zero-order chi connectivity index (χ0) is 13.0. The summed E-state index contributed by atoms with van der Waals surface area (Å²) in [6, 6.07) is 9.95. The van der Waals surface area contributed by atoms with Crippen LogP contribution in [-0.2, 0) is 0 Å². The van der Waals surface area contributed by atoms with Crippen molar-refractivity contribution in [2.75, 3.05) is 20.1 Å². The average molecular weight is 246 g/mol. The van der Waals surface area contributed by atoms with Gasteiger partial charge in [0.25, 0.3) is 0 Å². The molecule has 2 nitrogen and oxygen atoms in total. The molecule has 18 heavy (non-hydrogen) atoms. The Bertz CT molecular complexity index is 352. The summed E-state index contributed by atoms with van der Waals surface area (Å²) in [5, 5.41) is 3.49. The van der Waals surface area contributed by atoms with Gasteiger partial charge in [-0.05, 0) is 52.4 Å². The van der Waals surface area contributed by atoms with Gasteiger partial charge in [-0.25, -0.2) is 0 Å². The molecule has 0 saturated carbocycles. The molecular formula is C16H26N2. The average Bonchev–Trinajstić information content (AvgIpc) is 2.42. The van der Waals surface area contributed by atoms with E-state index in [1.54, 1.807) is 0 Å². The SMILES string of the molecule is CNC(c1ccc(C)cc1)C(C)N1CCCCC1. The van der Waals surface area contributed by atoms with Crippen LogP contribution in [0.3, 0.4) is 0 Å². The molecule has 1 aromatic rings. The van der Waals surface area contributed by atoms with Gasteiger partial charge in [-0.1, -0.05) is 36.2 Å². The molecule has 2 heteroatoms. The lowest BCUT2D eigenvalue weighted by Gasteiger charge is -2.37. The van der Waals surface area contributed by atoms with Gasteiger partial charge in [0.15, 0.2) is 0 Å². The predicted molar refractivity (Wildman–Crippen MR) is 77.9 cm³/mol. The van der Waals surface area contributed by atoms with Crippen molar-refractivity contribution in [3.8, 4) is 0 Å². The van der Waals surface area contributed by atoms with Gasteiger partial charge in [-0.2, -0.15) is 0 Å². The maximum absolute atomic E-state index is 3.49. The zero-order valence-electron chi connectivity index (χ0n) is 11.9. The third-order valence-corrected chi connectivity index (χ3v) is 4.20. The minimum atomic E-state index is 0.434. The topological polar surface area (TPSA) is 15.3 Å². The third-order valence-electron chi connectivity index (χ3n) is 4.20. The van der Waals surface area contributed by atoms with Crippen LogP contribution in [-0.4, -0.2) is 31.1 Å². The first-order valence-corrected chi connectivity index (χ1v) is 7.20. The molecule has 1 heterocycles. The normalized spacial score (nSPS) is 20.6. The first-order valence-electron chi connectivity index (χ1n) is 7.20. The number of likely N-dealkylation sites (N-methyl/N-ethyl adjacent to an activating group) is 1. The Morgan fingerprint density at radius 1 is 1.06 bits per heavy atom. The highest BCUT2D eigenvalue weighted by Gasteiger charge is 2.24. The van der Waals surface area contributed by atoms with Crippen LogP contribution in [0.5, 0.6) is 0 Å². The Kier molecular flexibility index (Phi) is 4.79. The van der Waals surface area contributed by atoms with Crippen molar-refractivity contribution < 1.29 is 0 Å². The molecule has 2 unspecified atom stereocenters. The maximum Gasteiger partial charge on any atom is 0.0473 e. The highest BCUT2D eigenvalue weighted by atomic mass is 15.2. The van der Waals surface area contributed by atoms with Crippen LogP contribution in [0.15, 0.2) is 24.3 Å². The van der Waals surface area contributed by atoms with Crippen molar-refractivity contribution in [2.24, 2.45) is 0 Å². The van der Waals surface area contributed by atoms with Crippen LogP contribution < -0.4 is 5.32 Å². The van der Waals surface area contributed by atoms with Gasteiger partial charge in [0, 0.05) is 12.1 Å². The van der Waals surface area contributed by atoms with E-state index in [0.717, 1.165) is 0 Å². The van der Waals surface area contributed by atoms with Gasteiger partial charge < -0.3 is 5.32 Å². The largest absolute Gasteiger partial charge is 0.312 e. The van der Waals surface area contributed by atoms with Crippen molar-refractivity contribution in [1.29, 1.82) is 0 Å². The van der Waals surface area contributed by atoms with Crippen LogP contribution in [0.2, 0.25) is 0 Å². The number of aryl methyl sites for hydroxylation is 1. The second kappa shape index (κ2) is 6.35. The van der Waals surface area contributed by atoms with Crippen molar-refractivity contribution in [3.63, 3.8) is 0 Å². The number of nitrogens with zero attached hydrogens (tertiary/aromatic N) is 1. The molecule has 1 saturated heterocycles. The van der Waals surface area contributed by atoms with Gasteiger partial charge in [0.05, 0.1) is 0 Å². The second-order valence-corrected chi connectivity index (χ2v) is 5.51. The number of rotatable bonds is 4. The summed E-state index contributed by atoms with van der Waals surface area (Å²) in [4.78, 5) is 2.63. The molecule has 0 aromatic heterocycles. The minimum absolute atomic E-state index is 0.434. The fourth-order valence-electron chi connectivity index (χ4n) is 3.00. The third kappa shape index (κ3) is 3.12. The zero-order valence-corrected chi connectivity index (χ0v) is 11.9. The van der Waals surface area contributed by atoms with Crippen LogP contribution >= 0.6 is 0 Å².